The summed E-state index contributed by atoms with van der Waals surface area (Å²) < 4.78 is 52.2. The maximum absolute atomic E-state index is 14.2. The van der Waals surface area contributed by atoms with Crippen LogP contribution in [0.3, 0.4) is 0 Å². The topological polar surface area (TPSA) is 110 Å². The first-order chi connectivity index (χ1) is 19.4. The van der Waals surface area contributed by atoms with Crippen LogP contribution in [0.4, 0.5) is 0 Å². The number of rotatable bonds is 7. The van der Waals surface area contributed by atoms with Crippen molar-refractivity contribution in [3.8, 4) is 11.5 Å². The Labute approximate surface area is 231 Å². The molecule has 2 aromatic carbocycles. The van der Waals surface area contributed by atoms with Crippen LogP contribution in [0.25, 0.3) is 33.3 Å². The molecule has 0 spiro atoms. The van der Waals surface area contributed by atoms with E-state index >= 15 is 0 Å². The Morgan fingerprint density at radius 2 is 1.85 bits per heavy atom. The SMILES string of the molecule is COC(=O)c1cc2c3ccccc3n(S(=O)(=O)c3ccc(C)cc3)c2c(-c2ccc(COC3CCCCO3)o2)n1. The number of aryl methyl sites for hydroxylation is 1. The van der Waals surface area contributed by atoms with Gasteiger partial charge in [-0.2, -0.15) is 0 Å². The molecule has 40 heavy (non-hydrogen) atoms. The lowest BCUT2D eigenvalue weighted by atomic mass is 10.1. The lowest BCUT2D eigenvalue weighted by Crippen LogP contribution is -2.21. The van der Waals surface area contributed by atoms with Crippen LogP contribution >= 0.6 is 0 Å². The number of carbonyl (C=O) groups excluding carboxylic acids is 1. The highest BCUT2D eigenvalue weighted by Gasteiger charge is 2.29. The van der Waals surface area contributed by atoms with Gasteiger partial charge in [-0.1, -0.05) is 35.9 Å². The Hall–Kier alpha value is -3.99. The van der Waals surface area contributed by atoms with E-state index in [2.05, 4.69) is 4.98 Å². The van der Waals surface area contributed by atoms with Crippen molar-refractivity contribution >= 4 is 37.8 Å². The highest BCUT2D eigenvalue weighted by molar-refractivity contribution is 7.90. The number of furan rings is 1. The van der Waals surface area contributed by atoms with Crippen molar-refractivity contribution < 1.29 is 31.8 Å². The number of hydrogen-bond acceptors (Lipinski definition) is 8. The number of hydrogen-bond donors (Lipinski definition) is 0. The third kappa shape index (κ3) is 4.68. The van der Waals surface area contributed by atoms with Gasteiger partial charge in [0.15, 0.2) is 12.1 Å². The molecule has 1 atom stereocenters. The van der Waals surface area contributed by atoms with Gasteiger partial charge in [-0.3, -0.25) is 0 Å². The van der Waals surface area contributed by atoms with Gasteiger partial charge in [-0.25, -0.2) is 22.2 Å². The quantitative estimate of drug-likeness (QED) is 0.229. The number of pyridine rings is 1. The fourth-order valence-corrected chi connectivity index (χ4v) is 6.53. The normalized spacial score (nSPS) is 16.0. The summed E-state index contributed by atoms with van der Waals surface area (Å²) in [6.45, 7) is 2.73. The highest BCUT2D eigenvalue weighted by atomic mass is 32.2. The molecule has 1 fully saturated rings. The first-order valence-corrected chi connectivity index (χ1v) is 14.5. The van der Waals surface area contributed by atoms with E-state index in [4.69, 9.17) is 18.6 Å². The van der Waals surface area contributed by atoms with E-state index in [-0.39, 0.29) is 29.2 Å². The number of methoxy groups -OCH3 is 1. The lowest BCUT2D eigenvalue weighted by Gasteiger charge is -2.22. The van der Waals surface area contributed by atoms with Crippen LogP contribution in [0.2, 0.25) is 0 Å². The van der Waals surface area contributed by atoms with Crippen LogP contribution in [0.15, 0.2) is 76.0 Å². The second kappa shape index (κ2) is 10.5. The second-order valence-corrected chi connectivity index (χ2v) is 11.5. The van der Waals surface area contributed by atoms with E-state index < -0.39 is 16.0 Å². The molecule has 0 radical (unpaired) electrons. The average molecular weight is 561 g/mol. The number of para-hydroxylation sites is 1. The number of nitrogens with zero attached hydrogens (tertiary/aromatic N) is 2. The minimum absolute atomic E-state index is 0.0328. The van der Waals surface area contributed by atoms with Gasteiger partial charge in [0.25, 0.3) is 10.0 Å². The predicted octanol–water partition coefficient (Wildman–Crippen LogP) is 5.82. The van der Waals surface area contributed by atoms with Crippen molar-refractivity contribution in [3.05, 3.63) is 83.7 Å². The molecule has 1 aliphatic rings. The molecular formula is C30H28N2O7S. The van der Waals surface area contributed by atoms with E-state index in [1.807, 2.05) is 19.1 Å². The van der Waals surface area contributed by atoms with Crippen LogP contribution in [-0.4, -0.2) is 43.4 Å². The zero-order chi connectivity index (χ0) is 27.9. The zero-order valence-corrected chi connectivity index (χ0v) is 22.9. The maximum Gasteiger partial charge on any atom is 0.356 e. The summed E-state index contributed by atoms with van der Waals surface area (Å²) in [5.74, 6) is 0.166. The fraction of sp³-hybridized carbons (Fsp3) is 0.267. The minimum atomic E-state index is -4.08. The van der Waals surface area contributed by atoms with E-state index in [1.54, 1.807) is 54.6 Å². The van der Waals surface area contributed by atoms with Crippen molar-refractivity contribution in [2.45, 2.75) is 44.0 Å². The van der Waals surface area contributed by atoms with Gasteiger partial charge in [0.1, 0.15) is 23.8 Å². The Kier molecular flexibility index (Phi) is 6.91. The molecule has 1 unspecified atom stereocenters. The van der Waals surface area contributed by atoms with E-state index in [9.17, 15) is 13.2 Å². The summed E-state index contributed by atoms with van der Waals surface area (Å²) in [5, 5.41) is 1.17. The molecule has 4 heterocycles. The van der Waals surface area contributed by atoms with Gasteiger partial charge < -0.3 is 18.6 Å². The molecule has 1 saturated heterocycles. The summed E-state index contributed by atoms with van der Waals surface area (Å²) >= 11 is 0. The monoisotopic (exact) mass is 560 g/mol. The van der Waals surface area contributed by atoms with E-state index in [1.165, 1.54) is 11.1 Å². The molecule has 5 aromatic rings. The van der Waals surface area contributed by atoms with Crippen LogP contribution in [-0.2, 0) is 30.8 Å². The summed E-state index contributed by atoms with van der Waals surface area (Å²) in [4.78, 5) is 17.3. The van der Waals surface area contributed by atoms with Gasteiger partial charge >= 0.3 is 5.97 Å². The average Bonchev–Trinajstić information content (AvgIpc) is 3.59. The Morgan fingerprint density at radius 3 is 2.60 bits per heavy atom. The first kappa shape index (κ1) is 26.2. The second-order valence-electron chi connectivity index (χ2n) is 9.72. The minimum Gasteiger partial charge on any atom is -0.464 e. The van der Waals surface area contributed by atoms with Crippen LogP contribution < -0.4 is 0 Å². The Morgan fingerprint density at radius 1 is 1.05 bits per heavy atom. The smallest absolute Gasteiger partial charge is 0.356 e. The molecule has 0 amide bonds. The van der Waals surface area contributed by atoms with Gasteiger partial charge in [0, 0.05) is 17.4 Å². The molecule has 9 nitrogen and oxygen atoms in total. The maximum atomic E-state index is 14.2. The lowest BCUT2D eigenvalue weighted by molar-refractivity contribution is -0.171. The molecular weight excluding hydrogens is 532 g/mol. The summed E-state index contributed by atoms with van der Waals surface area (Å²) in [5.41, 5.74) is 1.92. The molecule has 206 valence electrons. The molecule has 1 aliphatic heterocycles. The van der Waals surface area contributed by atoms with E-state index in [0.29, 0.717) is 39.9 Å². The van der Waals surface area contributed by atoms with Crippen molar-refractivity contribution in [1.82, 2.24) is 8.96 Å². The van der Waals surface area contributed by atoms with Crippen molar-refractivity contribution in [3.63, 3.8) is 0 Å². The number of esters is 1. The van der Waals surface area contributed by atoms with Crippen molar-refractivity contribution in [2.24, 2.45) is 0 Å². The number of ether oxygens (including phenoxy) is 3. The molecule has 0 N–H and O–H groups in total. The fourth-order valence-electron chi connectivity index (χ4n) is 4.99. The number of carbonyl (C=O) groups is 1. The molecule has 6 rings (SSSR count). The van der Waals surface area contributed by atoms with Gasteiger partial charge in [0.2, 0.25) is 0 Å². The standard InChI is InChI=1S/C30H28N2O7S/c1-19-10-13-21(14-11-19)40(34,35)32-25-8-4-3-7-22(25)23-17-24(30(33)36-2)31-28(29(23)32)26-15-12-20(39-26)18-38-27-9-5-6-16-37-27/h3-4,7-8,10-15,17,27H,5-6,9,16,18H2,1-2H3. The van der Waals surface area contributed by atoms with Gasteiger partial charge in [0.05, 0.1) is 23.0 Å². The molecule has 0 bridgehead atoms. The van der Waals surface area contributed by atoms with E-state index in [0.717, 1.165) is 24.8 Å². The number of aromatic nitrogens is 2. The number of benzene rings is 2. The van der Waals surface area contributed by atoms with Crippen LogP contribution in [0.1, 0.15) is 41.1 Å². The molecule has 3 aromatic heterocycles. The van der Waals surface area contributed by atoms with Crippen LogP contribution in [0, 0.1) is 6.92 Å². The molecule has 0 aliphatic carbocycles. The van der Waals surface area contributed by atoms with Gasteiger partial charge in [-0.05, 0) is 62.6 Å². The molecule has 10 heteroatoms. The summed E-state index contributed by atoms with van der Waals surface area (Å²) in [6, 6.07) is 18.8. The first-order valence-electron chi connectivity index (χ1n) is 13.0. The van der Waals surface area contributed by atoms with Gasteiger partial charge in [-0.15, -0.1) is 0 Å². The third-order valence-corrected chi connectivity index (χ3v) is 8.73. The molecule has 0 saturated carbocycles. The van der Waals surface area contributed by atoms with Crippen LogP contribution in [0.5, 0.6) is 0 Å². The summed E-state index contributed by atoms with van der Waals surface area (Å²) in [6.07, 6.45) is 2.57. The highest BCUT2D eigenvalue weighted by Crippen LogP contribution is 2.38. The predicted molar refractivity (Wildman–Crippen MR) is 148 cm³/mol. The Balaban J connectivity index is 1.56. The third-order valence-electron chi connectivity index (χ3n) is 7.01. The Bertz CT molecular complexity index is 1810. The zero-order valence-electron chi connectivity index (χ0n) is 22.1. The summed E-state index contributed by atoms with van der Waals surface area (Å²) in [7, 11) is -2.80. The number of fused-ring (bicyclic) bond motifs is 3. The van der Waals surface area contributed by atoms with Crippen molar-refractivity contribution in [2.75, 3.05) is 13.7 Å². The van der Waals surface area contributed by atoms with Crippen molar-refractivity contribution in [1.29, 1.82) is 0 Å². The largest absolute Gasteiger partial charge is 0.464 e.